The van der Waals surface area contributed by atoms with Crippen molar-refractivity contribution in [2.75, 3.05) is 11.9 Å². The maximum Gasteiger partial charge on any atom is 0.354 e. The summed E-state index contributed by atoms with van der Waals surface area (Å²) < 4.78 is 4.80. The molecule has 0 heterocycles. The van der Waals surface area contributed by atoms with Crippen LogP contribution in [0.2, 0.25) is 0 Å². The number of benzene rings is 1. The number of ether oxygens (including phenoxy) is 1. The van der Waals surface area contributed by atoms with E-state index in [4.69, 9.17) is 4.74 Å². The van der Waals surface area contributed by atoms with Gasteiger partial charge in [0.05, 0.1) is 6.61 Å². The van der Waals surface area contributed by atoms with Gasteiger partial charge in [-0.25, -0.2) is 4.79 Å². The van der Waals surface area contributed by atoms with Crippen LogP contribution in [0.3, 0.4) is 0 Å². The summed E-state index contributed by atoms with van der Waals surface area (Å²) in [4.78, 5) is 11.2. The Morgan fingerprint density at radius 2 is 2.00 bits per heavy atom. The highest BCUT2D eigenvalue weighted by Gasteiger charge is 2.06. The van der Waals surface area contributed by atoms with Gasteiger partial charge in [0.2, 0.25) is 0 Å². The molecule has 3 heteroatoms. The van der Waals surface area contributed by atoms with Crippen LogP contribution >= 0.6 is 0 Å². The molecular formula is C12H15NO2. The van der Waals surface area contributed by atoms with Crippen LogP contribution in [0.15, 0.2) is 36.5 Å². The fourth-order valence-corrected chi connectivity index (χ4v) is 1.08. The molecule has 15 heavy (non-hydrogen) atoms. The van der Waals surface area contributed by atoms with Crippen LogP contribution in [0.25, 0.3) is 0 Å². The highest BCUT2D eigenvalue weighted by Crippen LogP contribution is 2.11. The lowest BCUT2D eigenvalue weighted by molar-refractivity contribution is -0.138. The first-order chi connectivity index (χ1) is 7.13. The number of anilines is 1. The van der Waals surface area contributed by atoms with Crippen molar-refractivity contribution in [3.05, 3.63) is 42.1 Å². The Morgan fingerprint density at radius 1 is 1.40 bits per heavy atom. The molecule has 0 spiro atoms. The molecule has 80 valence electrons. The number of hydrogen-bond acceptors (Lipinski definition) is 3. The van der Waals surface area contributed by atoms with Gasteiger partial charge in [0, 0.05) is 5.69 Å². The summed E-state index contributed by atoms with van der Waals surface area (Å²) in [7, 11) is 0. The molecule has 1 aromatic rings. The Kier molecular flexibility index (Phi) is 3.92. The van der Waals surface area contributed by atoms with Gasteiger partial charge < -0.3 is 10.1 Å². The predicted molar refractivity (Wildman–Crippen MR) is 60.6 cm³/mol. The number of aryl methyl sites for hydroxylation is 1. The summed E-state index contributed by atoms with van der Waals surface area (Å²) in [6, 6.07) is 7.70. The van der Waals surface area contributed by atoms with E-state index in [2.05, 4.69) is 11.9 Å². The van der Waals surface area contributed by atoms with Crippen LogP contribution in [-0.2, 0) is 9.53 Å². The molecule has 0 saturated heterocycles. The molecule has 1 N–H and O–H groups in total. The summed E-state index contributed by atoms with van der Waals surface area (Å²) >= 11 is 0. The van der Waals surface area contributed by atoms with Crippen molar-refractivity contribution in [1.29, 1.82) is 0 Å². The van der Waals surface area contributed by atoms with Crippen molar-refractivity contribution in [2.24, 2.45) is 0 Å². The average Bonchev–Trinajstić information content (AvgIpc) is 2.22. The van der Waals surface area contributed by atoms with Crippen molar-refractivity contribution < 1.29 is 9.53 Å². The van der Waals surface area contributed by atoms with Gasteiger partial charge >= 0.3 is 5.97 Å². The van der Waals surface area contributed by atoms with Gasteiger partial charge in [-0.15, -0.1) is 0 Å². The highest BCUT2D eigenvalue weighted by atomic mass is 16.5. The molecule has 0 aliphatic carbocycles. The van der Waals surface area contributed by atoms with E-state index in [9.17, 15) is 4.79 Å². The maximum atomic E-state index is 11.2. The first-order valence-electron chi connectivity index (χ1n) is 4.83. The number of hydrogen-bond donors (Lipinski definition) is 1. The van der Waals surface area contributed by atoms with E-state index >= 15 is 0 Å². The summed E-state index contributed by atoms with van der Waals surface area (Å²) in [6.45, 7) is 7.72. The van der Waals surface area contributed by atoms with Gasteiger partial charge in [-0.1, -0.05) is 24.3 Å². The van der Waals surface area contributed by atoms with Gasteiger partial charge in [0.1, 0.15) is 5.70 Å². The third-order valence-corrected chi connectivity index (χ3v) is 1.87. The topological polar surface area (TPSA) is 38.3 Å². The van der Waals surface area contributed by atoms with Crippen LogP contribution in [0, 0.1) is 6.92 Å². The Hall–Kier alpha value is -1.77. The van der Waals surface area contributed by atoms with Gasteiger partial charge in [0.15, 0.2) is 0 Å². The molecule has 0 aromatic heterocycles. The molecule has 0 aliphatic rings. The number of carbonyl (C=O) groups is 1. The summed E-state index contributed by atoms with van der Waals surface area (Å²) in [5, 5.41) is 2.88. The minimum absolute atomic E-state index is 0.251. The zero-order chi connectivity index (χ0) is 11.3. The second kappa shape index (κ2) is 5.20. The van der Waals surface area contributed by atoms with Crippen LogP contribution in [0.1, 0.15) is 12.5 Å². The Balaban J connectivity index is 2.58. The van der Waals surface area contributed by atoms with Gasteiger partial charge in [-0.2, -0.15) is 0 Å². The van der Waals surface area contributed by atoms with E-state index in [-0.39, 0.29) is 5.70 Å². The number of nitrogens with one attached hydrogen (secondary N) is 1. The highest BCUT2D eigenvalue weighted by molar-refractivity contribution is 5.91. The molecule has 0 fully saturated rings. The SMILES string of the molecule is C=C(Nc1ccc(C)cc1)C(=O)OCC. The quantitative estimate of drug-likeness (QED) is 0.606. The fraction of sp³-hybridized carbons (Fsp3) is 0.250. The average molecular weight is 205 g/mol. The lowest BCUT2D eigenvalue weighted by Crippen LogP contribution is -2.13. The normalized spacial score (nSPS) is 9.47. The van der Waals surface area contributed by atoms with E-state index in [1.807, 2.05) is 31.2 Å². The molecule has 0 saturated carbocycles. The maximum absolute atomic E-state index is 11.2. The standard InChI is InChI=1S/C12H15NO2/c1-4-15-12(14)10(3)13-11-7-5-9(2)6-8-11/h5-8,13H,3-4H2,1-2H3. The Labute approximate surface area is 89.8 Å². The van der Waals surface area contributed by atoms with E-state index in [1.165, 1.54) is 5.56 Å². The molecule has 0 atom stereocenters. The molecule has 0 amide bonds. The number of rotatable bonds is 4. The number of esters is 1. The van der Waals surface area contributed by atoms with Crippen molar-refractivity contribution >= 4 is 11.7 Å². The van der Waals surface area contributed by atoms with Crippen molar-refractivity contribution in [2.45, 2.75) is 13.8 Å². The Morgan fingerprint density at radius 3 is 2.53 bits per heavy atom. The minimum atomic E-state index is -0.418. The summed E-state index contributed by atoms with van der Waals surface area (Å²) in [6.07, 6.45) is 0. The van der Waals surface area contributed by atoms with E-state index in [1.54, 1.807) is 6.92 Å². The fourth-order valence-electron chi connectivity index (χ4n) is 1.08. The lowest BCUT2D eigenvalue weighted by Gasteiger charge is -2.08. The van der Waals surface area contributed by atoms with Gasteiger partial charge in [-0.05, 0) is 26.0 Å². The first kappa shape index (κ1) is 11.3. The largest absolute Gasteiger partial charge is 0.461 e. The van der Waals surface area contributed by atoms with Crippen LogP contribution in [0.5, 0.6) is 0 Å². The van der Waals surface area contributed by atoms with Crippen molar-refractivity contribution in [3.8, 4) is 0 Å². The lowest BCUT2D eigenvalue weighted by atomic mass is 10.2. The van der Waals surface area contributed by atoms with Gasteiger partial charge in [0.25, 0.3) is 0 Å². The first-order valence-corrected chi connectivity index (χ1v) is 4.83. The van der Waals surface area contributed by atoms with Gasteiger partial charge in [-0.3, -0.25) is 0 Å². The Bertz CT molecular complexity index is 354. The second-order valence-corrected chi connectivity index (χ2v) is 3.19. The molecule has 0 unspecified atom stereocenters. The van der Waals surface area contributed by atoms with Crippen molar-refractivity contribution in [3.63, 3.8) is 0 Å². The monoisotopic (exact) mass is 205 g/mol. The van der Waals surface area contributed by atoms with Crippen molar-refractivity contribution in [1.82, 2.24) is 0 Å². The van der Waals surface area contributed by atoms with Crippen LogP contribution < -0.4 is 5.32 Å². The summed E-state index contributed by atoms with van der Waals surface area (Å²) in [5.41, 5.74) is 2.25. The third-order valence-electron chi connectivity index (χ3n) is 1.87. The molecule has 1 rings (SSSR count). The summed E-state index contributed by atoms with van der Waals surface area (Å²) in [5.74, 6) is -0.418. The molecular weight excluding hydrogens is 190 g/mol. The third kappa shape index (κ3) is 3.46. The second-order valence-electron chi connectivity index (χ2n) is 3.19. The van der Waals surface area contributed by atoms with E-state index < -0.39 is 5.97 Å². The van der Waals surface area contributed by atoms with E-state index in [0.29, 0.717) is 6.61 Å². The molecule has 1 aromatic carbocycles. The number of carbonyl (C=O) groups excluding carboxylic acids is 1. The van der Waals surface area contributed by atoms with Crippen LogP contribution in [0.4, 0.5) is 5.69 Å². The minimum Gasteiger partial charge on any atom is -0.461 e. The smallest absolute Gasteiger partial charge is 0.354 e. The molecule has 0 radical (unpaired) electrons. The molecule has 3 nitrogen and oxygen atoms in total. The molecule has 0 aliphatic heterocycles. The molecule has 0 bridgehead atoms. The zero-order valence-corrected chi connectivity index (χ0v) is 9.04. The van der Waals surface area contributed by atoms with Crippen LogP contribution in [-0.4, -0.2) is 12.6 Å². The predicted octanol–water partition coefficient (Wildman–Crippen LogP) is 2.48. The zero-order valence-electron chi connectivity index (χ0n) is 9.04. The van der Waals surface area contributed by atoms with E-state index in [0.717, 1.165) is 5.69 Å².